The minimum atomic E-state index is -0.256. The van der Waals surface area contributed by atoms with E-state index < -0.39 is 0 Å². The zero-order valence-electron chi connectivity index (χ0n) is 13.9. The Kier molecular flexibility index (Phi) is 4.16. The minimum Gasteiger partial charge on any atom is -0.320 e. The van der Waals surface area contributed by atoms with Crippen molar-refractivity contribution in [3.63, 3.8) is 0 Å². The van der Waals surface area contributed by atoms with Crippen LogP contribution in [0.5, 0.6) is 0 Å². The highest BCUT2D eigenvalue weighted by Crippen LogP contribution is 2.39. The fraction of sp³-hybridized carbons (Fsp3) is 0.294. The number of anilines is 3. The molecule has 3 amide bonds. The van der Waals surface area contributed by atoms with E-state index in [9.17, 15) is 9.59 Å². The third-order valence-electron chi connectivity index (χ3n) is 4.48. The number of thiophene rings is 1. The fourth-order valence-corrected chi connectivity index (χ4v) is 3.84. The van der Waals surface area contributed by atoms with E-state index in [-0.39, 0.29) is 11.9 Å². The van der Waals surface area contributed by atoms with Crippen LogP contribution in [0.4, 0.5) is 21.9 Å². The van der Waals surface area contributed by atoms with E-state index >= 15 is 0 Å². The van der Waals surface area contributed by atoms with Gasteiger partial charge in [-0.15, -0.1) is 11.3 Å². The molecule has 4 rings (SSSR count). The molecule has 2 aliphatic heterocycles. The molecule has 2 aliphatic rings. The molecule has 0 radical (unpaired) electrons. The highest BCUT2D eigenvalue weighted by atomic mass is 32.1. The van der Waals surface area contributed by atoms with Crippen LogP contribution in [0.3, 0.4) is 0 Å². The van der Waals surface area contributed by atoms with Crippen molar-refractivity contribution in [2.45, 2.75) is 0 Å². The number of likely N-dealkylation sites (N-methyl/N-ethyl adjacent to an activating group) is 1. The molecule has 7 nitrogen and oxygen atoms in total. The normalized spacial score (nSPS) is 18.1. The molecule has 2 N–H and O–H groups in total. The zero-order chi connectivity index (χ0) is 17.4. The van der Waals surface area contributed by atoms with Gasteiger partial charge in [-0.05, 0) is 19.2 Å². The first-order valence-electron chi connectivity index (χ1n) is 8.14. The molecule has 25 heavy (non-hydrogen) atoms. The van der Waals surface area contributed by atoms with Crippen LogP contribution in [0.1, 0.15) is 10.4 Å². The molecule has 1 aromatic carbocycles. The fourth-order valence-electron chi connectivity index (χ4n) is 3.05. The average molecular weight is 357 g/mol. The van der Waals surface area contributed by atoms with Gasteiger partial charge in [-0.1, -0.05) is 12.1 Å². The first kappa shape index (κ1) is 16.1. The van der Waals surface area contributed by atoms with Gasteiger partial charge in [0.15, 0.2) is 0 Å². The third kappa shape index (κ3) is 2.99. The lowest BCUT2D eigenvalue weighted by molar-refractivity contribution is 0.102. The van der Waals surface area contributed by atoms with Crippen molar-refractivity contribution >= 4 is 40.3 Å². The molecule has 130 valence electrons. The molecular weight excluding hydrogens is 338 g/mol. The van der Waals surface area contributed by atoms with Crippen molar-refractivity contribution in [1.82, 2.24) is 15.3 Å². The molecule has 1 fully saturated rings. The molecule has 1 aromatic heterocycles. The van der Waals surface area contributed by atoms with Crippen LogP contribution in [0.2, 0.25) is 0 Å². The number of amides is 3. The Morgan fingerprint density at radius 3 is 2.68 bits per heavy atom. The Morgan fingerprint density at radius 1 is 1.12 bits per heavy atom. The zero-order valence-corrected chi connectivity index (χ0v) is 14.7. The lowest BCUT2D eigenvalue weighted by Crippen LogP contribution is -2.55. The number of urea groups is 1. The summed E-state index contributed by atoms with van der Waals surface area (Å²) >= 11 is 1.41. The number of hydrazine groups is 1. The first-order valence-corrected chi connectivity index (χ1v) is 9.08. The predicted octanol–water partition coefficient (Wildman–Crippen LogP) is 2.32. The van der Waals surface area contributed by atoms with Gasteiger partial charge in [-0.25, -0.2) is 9.80 Å². The summed E-state index contributed by atoms with van der Waals surface area (Å²) in [5.74, 6) is -0.196. The lowest BCUT2D eigenvalue weighted by Gasteiger charge is -2.34. The second kappa shape index (κ2) is 6.47. The summed E-state index contributed by atoms with van der Waals surface area (Å²) in [5.41, 5.74) is 5.40. The number of rotatable bonds is 1. The summed E-state index contributed by atoms with van der Waals surface area (Å²) in [5, 5.41) is 8.42. The standard InChI is InChI=1S/C17H19N5O2S/c1-20-6-8-21(9-7-20)19-17(24)22-14-5-3-2-4-13(14)18-16(23)12-10-25-11-15(12)22/h2-5,10-11H,6-9H2,1H3,(H,18,23)(H,19,24). The van der Waals surface area contributed by atoms with Crippen molar-refractivity contribution < 1.29 is 9.59 Å². The van der Waals surface area contributed by atoms with Gasteiger partial charge in [0.1, 0.15) is 0 Å². The summed E-state index contributed by atoms with van der Waals surface area (Å²) in [6, 6.07) is 7.09. The second-order valence-corrected chi connectivity index (χ2v) is 6.93. The van der Waals surface area contributed by atoms with E-state index in [1.54, 1.807) is 16.3 Å². The third-order valence-corrected chi connectivity index (χ3v) is 5.21. The SMILES string of the molecule is CN1CCN(NC(=O)N2c3ccccc3NC(=O)c3cscc32)CC1. The van der Waals surface area contributed by atoms with Crippen LogP contribution >= 0.6 is 11.3 Å². The van der Waals surface area contributed by atoms with Crippen molar-refractivity contribution in [3.05, 3.63) is 40.6 Å². The van der Waals surface area contributed by atoms with E-state index in [1.807, 2.05) is 28.6 Å². The van der Waals surface area contributed by atoms with E-state index in [0.29, 0.717) is 22.6 Å². The summed E-state index contributed by atoms with van der Waals surface area (Å²) < 4.78 is 0. The molecule has 0 spiro atoms. The Labute approximate surface area is 149 Å². The highest BCUT2D eigenvalue weighted by molar-refractivity contribution is 7.08. The van der Waals surface area contributed by atoms with Gasteiger partial charge in [-0.3, -0.25) is 15.1 Å². The van der Waals surface area contributed by atoms with Crippen LogP contribution in [-0.4, -0.2) is 55.1 Å². The number of carbonyl (C=O) groups excluding carboxylic acids is 2. The number of hydrogen-bond donors (Lipinski definition) is 2. The molecule has 0 saturated carbocycles. The van der Waals surface area contributed by atoms with Gasteiger partial charge in [0.05, 0.1) is 22.6 Å². The average Bonchev–Trinajstić information content (AvgIpc) is 3.04. The molecule has 0 unspecified atom stereocenters. The quantitative estimate of drug-likeness (QED) is 0.822. The Balaban J connectivity index is 1.67. The number of nitrogens with one attached hydrogen (secondary N) is 2. The molecule has 0 aliphatic carbocycles. The molecular formula is C17H19N5O2S. The highest BCUT2D eigenvalue weighted by Gasteiger charge is 2.31. The summed E-state index contributed by atoms with van der Waals surface area (Å²) in [7, 11) is 2.07. The number of hydrogen-bond acceptors (Lipinski definition) is 5. The van der Waals surface area contributed by atoms with Gasteiger partial charge in [0.2, 0.25) is 0 Å². The molecule has 0 bridgehead atoms. The lowest BCUT2D eigenvalue weighted by atomic mass is 10.2. The summed E-state index contributed by atoms with van der Waals surface area (Å²) in [6.07, 6.45) is 0. The number of piperazine rings is 1. The number of para-hydroxylation sites is 2. The molecule has 0 atom stereocenters. The van der Waals surface area contributed by atoms with Crippen LogP contribution in [0, 0.1) is 0 Å². The van der Waals surface area contributed by atoms with Gasteiger partial charge >= 0.3 is 6.03 Å². The largest absolute Gasteiger partial charge is 0.341 e. The van der Waals surface area contributed by atoms with Gasteiger partial charge in [-0.2, -0.15) is 0 Å². The van der Waals surface area contributed by atoms with E-state index in [4.69, 9.17) is 0 Å². The minimum absolute atomic E-state index is 0.196. The first-order chi connectivity index (χ1) is 12.1. The summed E-state index contributed by atoms with van der Waals surface area (Å²) in [6.45, 7) is 3.35. The molecule has 1 saturated heterocycles. The Hall–Kier alpha value is -2.42. The maximum atomic E-state index is 13.1. The van der Waals surface area contributed by atoms with Crippen LogP contribution in [0.25, 0.3) is 0 Å². The van der Waals surface area contributed by atoms with Crippen LogP contribution in [-0.2, 0) is 0 Å². The maximum Gasteiger partial charge on any atom is 0.341 e. The van der Waals surface area contributed by atoms with Crippen LogP contribution in [0.15, 0.2) is 35.0 Å². The number of carbonyl (C=O) groups is 2. The van der Waals surface area contributed by atoms with Gasteiger partial charge in [0.25, 0.3) is 5.91 Å². The smallest absolute Gasteiger partial charge is 0.320 e. The van der Waals surface area contributed by atoms with E-state index in [1.165, 1.54) is 11.3 Å². The van der Waals surface area contributed by atoms with Gasteiger partial charge < -0.3 is 10.2 Å². The van der Waals surface area contributed by atoms with Crippen molar-refractivity contribution in [2.24, 2.45) is 0 Å². The molecule has 3 heterocycles. The topological polar surface area (TPSA) is 67.9 Å². The predicted molar refractivity (Wildman–Crippen MR) is 98.5 cm³/mol. The van der Waals surface area contributed by atoms with Crippen LogP contribution < -0.4 is 15.6 Å². The van der Waals surface area contributed by atoms with Gasteiger partial charge in [0, 0.05) is 36.9 Å². The Bertz CT molecular complexity index is 813. The summed E-state index contributed by atoms with van der Waals surface area (Å²) in [4.78, 5) is 29.3. The van der Waals surface area contributed by atoms with E-state index in [0.717, 1.165) is 26.2 Å². The number of fused-ring (bicyclic) bond motifs is 2. The maximum absolute atomic E-state index is 13.1. The number of benzene rings is 1. The molecule has 2 aromatic rings. The van der Waals surface area contributed by atoms with Crippen molar-refractivity contribution in [1.29, 1.82) is 0 Å². The molecule has 8 heteroatoms. The van der Waals surface area contributed by atoms with Crippen molar-refractivity contribution in [2.75, 3.05) is 43.4 Å². The monoisotopic (exact) mass is 357 g/mol. The van der Waals surface area contributed by atoms with Crippen molar-refractivity contribution in [3.8, 4) is 0 Å². The number of nitrogens with zero attached hydrogens (tertiary/aromatic N) is 3. The second-order valence-electron chi connectivity index (χ2n) is 6.18. The Morgan fingerprint density at radius 2 is 1.88 bits per heavy atom. The van der Waals surface area contributed by atoms with E-state index in [2.05, 4.69) is 22.7 Å².